The van der Waals surface area contributed by atoms with Crippen molar-refractivity contribution >= 4 is 40.5 Å². The molecule has 0 unspecified atom stereocenters. The standard InChI is InChI=1S/C26H35N5O6/c1-18-23(27-3)25(36)31(13-5-4-6-14-32)26(37)24(18)29-20-9-10-22(21(17-20)28-19(2)35)30(11-7-15-33)12-8-16-34/h9-10,17,32-34H,4-8,11-16H2,1-2H3,(H,28,35). The number of carbonyl (C=O) groups excluding carboxylic acids is 3. The highest BCUT2D eigenvalue weighted by atomic mass is 16.3. The summed E-state index contributed by atoms with van der Waals surface area (Å²) >= 11 is 0. The molecule has 200 valence electrons. The van der Waals surface area contributed by atoms with Crippen molar-refractivity contribution in [3.05, 3.63) is 40.9 Å². The summed E-state index contributed by atoms with van der Waals surface area (Å²) < 4.78 is 0. The molecule has 11 heteroatoms. The van der Waals surface area contributed by atoms with Crippen LogP contribution in [0.5, 0.6) is 0 Å². The van der Waals surface area contributed by atoms with Gasteiger partial charge in [-0.25, -0.2) is 9.84 Å². The fraction of sp³-hybridized carbons (Fsp3) is 0.500. The molecule has 0 aromatic heterocycles. The van der Waals surface area contributed by atoms with E-state index in [9.17, 15) is 24.6 Å². The monoisotopic (exact) mass is 513 g/mol. The van der Waals surface area contributed by atoms with Crippen LogP contribution in [0.4, 0.5) is 17.1 Å². The molecule has 0 saturated heterocycles. The summed E-state index contributed by atoms with van der Waals surface area (Å²) in [5.74, 6) is -1.57. The van der Waals surface area contributed by atoms with Crippen LogP contribution in [0.3, 0.4) is 0 Å². The lowest BCUT2D eigenvalue weighted by molar-refractivity contribution is -0.138. The van der Waals surface area contributed by atoms with Gasteiger partial charge in [-0.2, -0.15) is 0 Å². The lowest BCUT2D eigenvalue weighted by Gasteiger charge is -2.28. The van der Waals surface area contributed by atoms with E-state index in [0.717, 1.165) is 4.90 Å². The first-order valence-corrected chi connectivity index (χ1v) is 12.3. The summed E-state index contributed by atoms with van der Waals surface area (Å²) in [5.41, 5.74) is 1.46. The van der Waals surface area contributed by atoms with Crippen molar-refractivity contribution in [2.45, 2.75) is 46.0 Å². The van der Waals surface area contributed by atoms with Crippen LogP contribution in [0.15, 0.2) is 34.5 Å². The predicted octanol–water partition coefficient (Wildman–Crippen LogP) is 2.01. The number of hydrogen-bond acceptors (Lipinski definition) is 8. The SMILES string of the molecule is [C-]#[N+]C1=C(C)C(=Nc2ccc(N(CCCO)CCCO)c(NC(C)=O)c2)C(=O)N(CCCCCO)C1=O. The highest BCUT2D eigenvalue weighted by Gasteiger charge is 2.36. The Bertz CT molecular complexity index is 1080. The normalized spacial score (nSPS) is 14.8. The van der Waals surface area contributed by atoms with Crippen LogP contribution in [-0.4, -0.2) is 83.1 Å². The number of imide groups is 1. The second-order valence-electron chi connectivity index (χ2n) is 8.62. The number of aliphatic hydroxyl groups excluding tert-OH is 3. The number of benzene rings is 1. The Hall–Kier alpha value is -3.59. The van der Waals surface area contributed by atoms with Crippen LogP contribution in [0.25, 0.3) is 4.85 Å². The molecule has 1 aromatic rings. The molecule has 4 N–H and O–H groups in total. The van der Waals surface area contributed by atoms with Gasteiger partial charge < -0.3 is 25.5 Å². The summed E-state index contributed by atoms with van der Waals surface area (Å²) in [7, 11) is 0. The first-order chi connectivity index (χ1) is 17.8. The third kappa shape index (κ3) is 7.95. The van der Waals surface area contributed by atoms with Crippen LogP contribution in [0, 0.1) is 6.57 Å². The molecule has 37 heavy (non-hydrogen) atoms. The van der Waals surface area contributed by atoms with Gasteiger partial charge in [0, 0.05) is 46.4 Å². The largest absolute Gasteiger partial charge is 0.396 e. The zero-order valence-corrected chi connectivity index (χ0v) is 21.4. The predicted molar refractivity (Wildman–Crippen MR) is 140 cm³/mol. The topological polar surface area (TPSA) is 147 Å². The Balaban J connectivity index is 2.50. The molecular formula is C26H35N5O6. The van der Waals surface area contributed by atoms with Crippen molar-refractivity contribution in [1.29, 1.82) is 0 Å². The summed E-state index contributed by atoms with van der Waals surface area (Å²) in [6, 6.07) is 5.01. The van der Waals surface area contributed by atoms with E-state index in [4.69, 9.17) is 11.7 Å². The number of carbonyl (C=O) groups is 3. The Morgan fingerprint density at radius 1 is 1.03 bits per heavy atom. The van der Waals surface area contributed by atoms with Crippen molar-refractivity contribution in [2.75, 3.05) is 49.7 Å². The Morgan fingerprint density at radius 2 is 1.68 bits per heavy atom. The maximum atomic E-state index is 13.2. The minimum Gasteiger partial charge on any atom is -0.396 e. The zero-order chi connectivity index (χ0) is 27.4. The molecule has 1 aliphatic rings. The number of aliphatic imine (C=N–C) groups is 1. The van der Waals surface area contributed by atoms with Crippen molar-refractivity contribution in [3.8, 4) is 0 Å². The average Bonchev–Trinajstić information content (AvgIpc) is 2.87. The van der Waals surface area contributed by atoms with Crippen molar-refractivity contribution in [3.63, 3.8) is 0 Å². The van der Waals surface area contributed by atoms with E-state index in [0.29, 0.717) is 62.3 Å². The quantitative estimate of drug-likeness (QED) is 0.169. The van der Waals surface area contributed by atoms with Crippen LogP contribution in [0.2, 0.25) is 0 Å². The molecule has 1 aliphatic heterocycles. The number of anilines is 2. The van der Waals surface area contributed by atoms with Gasteiger partial charge in [0.25, 0.3) is 17.5 Å². The number of aliphatic hydroxyl groups is 3. The third-order valence-corrected chi connectivity index (χ3v) is 5.80. The summed E-state index contributed by atoms with van der Waals surface area (Å²) in [4.78, 5) is 48.7. The van der Waals surface area contributed by atoms with Gasteiger partial charge in [-0.15, -0.1) is 0 Å². The molecule has 3 amide bonds. The van der Waals surface area contributed by atoms with Gasteiger partial charge in [-0.3, -0.25) is 19.3 Å². The molecule has 0 bridgehead atoms. The molecule has 0 radical (unpaired) electrons. The molecule has 1 heterocycles. The minimum atomic E-state index is -0.654. The van der Waals surface area contributed by atoms with E-state index >= 15 is 0 Å². The first kappa shape index (κ1) is 29.6. The van der Waals surface area contributed by atoms with E-state index in [-0.39, 0.29) is 49.3 Å². The second-order valence-corrected chi connectivity index (χ2v) is 8.62. The lowest BCUT2D eigenvalue weighted by atomic mass is 10.0. The molecule has 2 rings (SSSR count). The van der Waals surface area contributed by atoms with E-state index in [2.05, 4.69) is 15.2 Å². The molecular weight excluding hydrogens is 478 g/mol. The number of hydrogen-bond donors (Lipinski definition) is 4. The lowest BCUT2D eigenvalue weighted by Crippen LogP contribution is -2.46. The maximum absolute atomic E-state index is 13.2. The van der Waals surface area contributed by atoms with E-state index in [1.54, 1.807) is 18.2 Å². The van der Waals surface area contributed by atoms with Gasteiger partial charge in [-0.1, -0.05) is 0 Å². The second kappa shape index (κ2) is 14.8. The van der Waals surface area contributed by atoms with E-state index in [1.165, 1.54) is 13.8 Å². The van der Waals surface area contributed by atoms with E-state index < -0.39 is 11.8 Å². The fourth-order valence-electron chi connectivity index (χ4n) is 3.97. The molecule has 11 nitrogen and oxygen atoms in total. The van der Waals surface area contributed by atoms with Crippen molar-refractivity contribution < 1.29 is 29.7 Å². The van der Waals surface area contributed by atoms with Gasteiger partial charge in [0.05, 0.1) is 23.6 Å². The molecule has 0 saturated carbocycles. The van der Waals surface area contributed by atoms with E-state index in [1.807, 2.05) is 4.90 Å². The van der Waals surface area contributed by atoms with Gasteiger partial charge in [0.15, 0.2) is 0 Å². The van der Waals surface area contributed by atoms with Gasteiger partial charge in [0.1, 0.15) is 5.71 Å². The van der Waals surface area contributed by atoms with Crippen molar-refractivity contribution in [2.24, 2.45) is 4.99 Å². The zero-order valence-electron chi connectivity index (χ0n) is 21.4. The van der Waals surface area contributed by atoms with Gasteiger partial charge in [0.2, 0.25) is 5.91 Å². The van der Waals surface area contributed by atoms with Gasteiger partial charge in [-0.05, 0) is 62.8 Å². The highest BCUT2D eigenvalue weighted by Crippen LogP contribution is 2.32. The number of unbranched alkanes of at least 4 members (excludes halogenated alkanes) is 2. The Morgan fingerprint density at radius 3 is 2.24 bits per heavy atom. The first-order valence-electron chi connectivity index (χ1n) is 12.3. The third-order valence-electron chi connectivity index (χ3n) is 5.80. The van der Waals surface area contributed by atoms with Crippen LogP contribution < -0.4 is 10.2 Å². The number of nitrogens with zero attached hydrogens (tertiary/aromatic N) is 4. The number of nitrogens with one attached hydrogen (secondary N) is 1. The average molecular weight is 514 g/mol. The van der Waals surface area contributed by atoms with Crippen LogP contribution in [0.1, 0.15) is 46.0 Å². The number of rotatable bonds is 14. The van der Waals surface area contributed by atoms with Gasteiger partial charge >= 0.3 is 0 Å². The fourth-order valence-corrected chi connectivity index (χ4v) is 3.97. The van der Waals surface area contributed by atoms with Crippen LogP contribution in [-0.2, 0) is 14.4 Å². The molecule has 0 fully saturated rings. The number of amides is 3. The molecule has 0 aliphatic carbocycles. The summed E-state index contributed by atoms with van der Waals surface area (Å²) in [6.45, 7) is 11.4. The smallest absolute Gasteiger partial charge is 0.277 e. The van der Waals surface area contributed by atoms with Crippen LogP contribution >= 0.6 is 0 Å². The Labute approximate surface area is 216 Å². The summed E-state index contributed by atoms with van der Waals surface area (Å²) in [6.07, 6.45) is 2.66. The summed E-state index contributed by atoms with van der Waals surface area (Å²) in [5, 5.41) is 30.3. The van der Waals surface area contributed by atoms with Crippen molar-refractivity contribution in [1.82, 2.24) is 4.90 Å². The maximum Gasteiger partial charge on any atom is 0.277 e. The highest BCUT2D eigenvalue weighted by molar-refractivity contribution is 6.50. The Kier molecular flexibility index (Phi) is 11.9. The molecule has 0 atom stereocenters. The minimum absolute atomic E-state index is 0.0108. The molecule has 1 aromatic carbocycles. The molecule has 0 spiro atoms.